The van der Waals surface area contributed by atoms with Crippen molar-refractivity contribution in [2.45, 2.75) is 0 Å². The standard InChI is InChI=1S/C25H18O2/c1-26-23-16-14-21(15-17-23)25-22(13-12-19-8-4-2-5-9-19)18-24(27-25)20-10-6-3-7-11-20/h2-11,14-18H,1H3. The van der Waals surface area contributed by atoms with Gasteiger partial charge in [-0.05, 0) is 36.4 Å². The number of hydrogen-bond acceptors (Lipinski definition) is 2. The van der Waals surface area contributed by atoms with Crippen molar-refractivity contribution in [1.82, 2.24) is 0 Å². The van der Waals surface area contributed by atoms with E-state index in [0.717, 1.165) is 39.5 Å². The number of furan rings is 1. The molecule has 0 atom stereocenters. The van der Waals surface area contributed by atoms with E-state index < -0.39 is 0 Å². The molecule has 2 nitrogen and oxygen atoms in total. The smallest absolute Gasteiger partial charge is 0.150 e. The molecule has 0 aliphatic carbocycles. The molecule has 0 fully saturated rings. The Morgan fingerprint density at radius 3 is 2.04 bits per heavy atom. The van der Waals surface area contributed by atoms with Gasteiger partial charge in [-0.25, -0.2) is 0 Å². The summed E-state index contributed by atoms with van der Waals surface area (Å²) in [5.41, 5.74) is 3.83. The van der Waals surface area contributed by atoms with E-state index in [9.17, 15) is 0 Å². The summed E-state index contributed by atoms with van der Waals surface area (Å²) in [4.78, 5) is 0. The maximum Gasteiger partial charge on any atom is 0.150 e. The predicted octanol–water partition coefficient (Wildman–Crippen LogP) is 6.02. The van der Waals surface area contributed by atoms with Crippen molar-refractivity contribution >= 4 is 0 Å². The Kier molecular flexibility index (Phi) is 4.76. The Morgan fingerprint density at radius 2 is 1.37 bits per heavy atom. The van der Waals surface area contributed by atoms with Crippen LogP contribution in [0.2, 0.25) is 0 Å². The van der Waals surface area contributed by atoms with Crippen molar-refractivity contribution in [2.75, 3.05) is 7.11 Å². The topological polar surface area (TPSA) is 22.4 Å². The van der Waals surface area contributed by atoms with Crippen molar-refractivity contribution in [2.24, 2.45) is 0 Å². The van der Waals surface area contributed by atoms with Crippen LogP contribution in [0.3, 0.4) is 0 Å². The van der Waals surface area contributed by atoms with E-state index in [1.807, 2.05) is 91.0 Å². The molecule has 0 saturated carbocycles. The fraction of sp³-hybridized carbons (Fsp3) is 0.0400. The summed E-state index contributed by atoms with van der Waals surface area (Å²) >= 11 is 0. The van der Waals surface area contributed by atoms with Crippen LogP contribution in [0.4, 0.5) is 0 Å². The molecule has 0 aliphatic heterocycles. The minimum atomic E-state index is 0.764. The van der Waals surface area contributed by atoms with Gasteiger partial charge in [-0.3, -0.25) is 0 Å². The highest BCUT2D eigenvalue weighted by molar-refractivity contribution is 5.72. The van der Waals surface area contributed by atoms with Gasteiger partial charge in [-0.15, -0.1) is 0 Å². The van der Waals surface area contributed by atoms with E-state index >= 15 is 0 Å². The molecule has 3 aromatic carbocycles. The lowest BCUT2D eigenvalue weighted by atomic mass is 10.1. The van der Waals surface area contributed by atoms with Gasteiger partial charge in [0.1, 0.15) is 17.3 Å². The third kappa shape index (κ3) is 3.78. The first-order valence-corrected chi connectivity index (χ1v) is 8.74. The molecule has 4 aromatic rings. The van der Waals surface area contributed by atoms with Crippen LogP contribution < -0.4 is 4.74 Å². The van der Waals surface area contributed by atoms with Crippen molar-refractivity contribution < 1.29 is 9.15 Å². The fourth-order valence-electron chi connectivity index (χ4n) is 2.85. The van der Waals surface area contributed by atoms with Gasteiger partial charge in [0.15, 0.2) is 0 Å². The van der Waals surface area contributed by atoms with Crippen molar-refractivity contribution in [1.29, 1.82) is 0 Å². The fourth-order valence-corrected chi connectivity index (χ4v) is 2.85. The van der Waals surface area contributed by atoms with Crippen LogP contribution in [0.15, 0.2) is 95.4 Å². The van der Waals surface area contributed by atoms with Gasteiger partial charge in [0.05, 0.1) is 12.7 Å². The third-order valence-corrected chi connectivity index (χ3v) is 4.26. The molecule has 2 heteroatoms. The summed E-state index contributed by atoms with van der Waals surface area (Å²) in [7, 11) is 1.66. The number of rotatable bonds is 3. The zero-order valence-electron chi connectivity index (χ0n) is 15.0. The molecular weight excluding hydrogens is 332 g/mol. The zero-order valence-corrected chi connectivity index (χ0v) is 15.0. The molecule has 0 spiro atoms. The molecule has 0 amide bonds. The van der Waals surface area contributed by atoms with Crippen LogP contribution in [0.25, 0.3) is 22.6 Å². The minimum absolute atomic E-state index is 0.764. The van der Waals surface area contributed by atoms with Crippen LogP contribution >= 0.6 is 0 Å². The van der Waals surface area contributed by atoms with Gasteiger partial charge in [0, 0.05) is 22.8 Å². The second kappa shape index (κ2) is 7.68. The lowest BCUT2D eigenvalue weighted by Gasteiger charge is -2.02. The predicted molar refractivity (Wildman–Crippen MR) is 109 cm³/mol. The van der Waals surface area contributed by atoms with Crippen LogP contribution in [-0.4, -0.2) is 7.11 Å². The zero-order chi connectivity index (χ0) is 18.5. The van der Waals surface area contributed by atoms with Gasteiger partial charge >= 0.3 is 0 Å². The van der Waals surface area contributed by atoms with E-state index in [-0.39, 0.29) is 0 Å². The van der Waals surface area contributed by atoms with Crippen LogP contribution in [0.1, 0.15) is 11.1 Å². The van der Waals surface area contributed by atoms with Crippen LogP contribution in [0, 0.1) is 11.8 Å². The molecule has 4 rings (SSSR count). The second-order valence-corrected chi connectivity index (χ2v) is 6.06. The van der Waals surface area contributed by atoms with Gasteiger partial charge in [0.25, 0.3) is 0 Å². The quantitative estimate of drug-likeness (QED) is 0.421. The first kappa shape index (κ1) is 16.8. The average molecular weight is 350 g/mol. The number of hydrogen-bond donors (Lipinski definition) is 0. The van der Waals surface area contributed by atoms with Gasteiger partial charge in [-0.2, -0.15) is 0 Å². The van der Waals surface area contributed by atoms with Crippen molar-refractivity contribution in [3.8, 4) is 40.2 Å². The molecule has 1 heterocycles. The molecule has 0 aliphatic rings. The van der Waals surface area contributed by atoms with Gasteiger partial charge in [-0.1, -0.05) is 60.4 Å². The minimum Gasteiger partial charge on any atom is -0.497 e. The molecule has 27 heavy (non-hydrogen) atoms. The van der Waals surface area contributed by atoms with E-state index in [0.29, 0.717) is 0 Å². The van der Waals surface area contributed by atoms with Crippen LogP contribution in [-0.2, 0) is 0 Å². The summed E-state index contributed by atoms with van der Waals surface area (Å²) in [5.74, 6) is 8.87. The monoisotopic (exact) mass is 350 g/mol. The third-order valence-electron chi connectivity index (χ3n) is 4.26. The Labute approximate surface area is 159 Å². The highest BCUT2D eigenvalue weighted by atomic mass is 16.5. The van der Waals surface area contributed by atoms with Gasteiger partial charge < -0.3 is 9.15 Å². The summed E-state index contributed by atoms with van der Waals surface area (Å²) in [6.45, 7) is 0. The molecule has 0 saturated heterocycles. The number of benzene rings is 3. The first-order chi connectivity index (χ1) is 13.3. The molecule has 0 N–H and O–H groups in total. The summed E-state index contributed by atoms with van der Waals surface area (Å²) < 4.78 is 11.5. The lowest BCUT2D eigenvalue weighted by molar-refractivity contribution is 0.415. The Balaban J connectivity index is 1.80. The van der Waals surface area contributed by atoms with Crippen LogP contribution in [0.5, 0.6) is 5.75 Å². The molecule has 1 aromatic heterocycles. The Hall–Kier alpha value is -3.70. The number of ether oxygens (including phenoxy) is 1. The Bertz CT molecular complexity index is 1080. The Morgan fingerprint density at radius 1 is 0.704 bits per heavy atom. The SMILES string of the molecule is COc1ccc(-c2oc(-c3ccccc3)cc2C#Cc2ccccc2)cc1. The molecular formula is C25H18O2. The largest absolute Gasteiger partial charge is 0.497 e. The first-order valence-electron chi connectivity index (χ1n) is 8.74. The maximum absolute atomic E-state index is 6.21. The van der Waals surface area contributed by atoms with E-state index in [4.69, 9.17) is 9.15 Å². The number of methoxy groups -OCH3 is 1. The molecule has 0 radical (unpaired) electrons. The van der Waals surface area contributed by atoms with Crippen molar-refractivity contribution in [3.63, 3.8) is 0 Å². The lowest BCUT2D eigenvalue weighted by Crippen LogP contribution is -1.83. The van der Waals surface area contributed by atoms with E-state index in [1.165, 1.54) is 0 Å². The normalized spacial score (nSPS) is 10.1. The highest BCUT2D eigenvalue weighted by Gasteiger charge is 2.13. The average Bonchev–Trinajstić information content (AvgIpc) is 3.18. The molecule has 0 bridgehead atoms. The molecule has 130 valence electrons. The van der Waals surface area contributed by atoms with E-state index in [2.05, 4.69) is 11.8 Å². The molecule has 0 unspecified atom stereocenters. The van der Waals surface area contributed by atoms with Gasteiger partial charge in [0.2, 0.25) is 0 Å². The summed E-state index contributed by atoms with van der Waals surface area (Å²) in [6, 6.07) is 29.8. The van der Waals surface area contributed by atoms with E-state index in [1.54, 1.807) is 7.11 Å². The highest BCUT2D eigenvalue weighted by Crippen LogP contribution is 2.33. The second-order valence-electron chi connectivity index (χ2n) is 6.06. The van der Waals surface area contributed by atoms with Crippen molar-refractivity contribution in [3.05, 3.63) is 102 Å². The summed E-state index contributed by atoms with van der Waals surface area (Å²) in [6.07, 6.45) is 0. The maximum atomic E-state index is 6.21. The summed E-state index contributed by atoms with van der Waals surface area (Å²) in [5, 5.41) is 0.